The SMILES string of the molecule is Cc1noc(C)c1COc1ccc(CC(=O)Nc2ccc(F)cc2)cc1. The molecular weight excluding hydrogens is 335 g/mol. The Labute approximate surface area is 150 Å². The Bertz CT molecular complexity index is 867. The summed E-state index contributed by atoms with van der Waals surface area (Å²) in [5, 5.41) is 6.63. The van der Waals surface area contributed by atoms with Crippen molar-refractivity contribution in [1.29, 1.82) is 0 Å². The third-order valence-corrected chi connectivity index (χ3v) is 3.98. The number of nitrogens with one attached hydrogen (secondary N) is 1. The van der Waals surface area contributed by atoms with Crippen molar-refractivity contribution in [3.8, 4) is 5.75 Å². The quantitative estimate of drug-likeness (QED) is 0.721. The summed E-state index contributed by atoms with van der Waals surface area (Å²) in [5.74, 6) is 0.945. The first kappa shape index (κ1) is 17.7. The van der Waals surface area contributed by atoms with E-state index in [0.29, 0.717) is 18.0 Å². The lowest BCUT2D eigenvalue weighted by atomic mass is 10.1. The molecule has 1 heterocycles. The lowest BCUT2D eigenvalue weighted by molar-refractivity contribution is -0.115. The predicted molar refractivity (Wildman–Crippen MR) is 95.5 cm³/mol. The normalized spacial score (nSPS) is 10.6. The van der Waals surface area contributed by atoms with Gasteiger partial charge in [0.1, 0.15) is 23.9 Å². The number of ether oxygens (including phenoxy) is 1. The number of aromatic nitrogens is 1. The molecule has 1 N–H and O–H groups in total. The van der Waals surface area contributed by atoms with Crippen LogP contribution in [0.25, 0.3) is 0 Å². The first-order valence-corrected chi connectivity index (χ1v) is 8.20. The largest absolute Gasteiger partial charge is 0.489 e. The van der Waals surface area contributed by atoms with Gasteiger partial charge in [-0.2, -0.15) is 0 Å². The number of benzene rings is 2. The number of hydrogen-bond donors (Lipinski definition) is 1. The lowest BCUT2D eigenvalue weighted by Gasteiger charge is -2.08. The van der Waals surface area contributed by atoms with Crippen LogP contribution in [0.2, 0.25) is 0 Å². The molecule has 0 aliphatic carbocycles. The molecule has 0 atom stereocenters. The number of nitrogens with zero attached hydrogens (tertiary/aromatic N) is 1. The maximum atomic E-state index is 12.9. The van der Waals surface area contributed by atoms with Crippen molar-refractivity contribution in [2.24, 2.45) is 0 Å². The fourth-order valence-corrected chi connectivity index (χ4v) is 2.49. The molecule has 0 saturated carbocycles. The maximum absolute atomic E-state index is 12.9. The molecule has 3 rings (SSSR count). The molecule has 0 bridgehead atoms. The molecule has 0 unspecified atom stereocenters. The average molecular weight is 354 g/mol. The van der Waals surface area contributed by atoms with Gasteiger partial charge in [-0.25, -0.2) is 4.39 Å². The van der Waals surface area contributed by atoms with Gasteiger partial charge < -0.3 is 14.6 Å². The number of halogens is 1. The molecule has 26 heavy (non-hydrogen) atoms. The Morgan fingerprint density at radius 3 is 2.42 bits per heavy atom. The highest BCUT2D eigenvalue weighted by Gasteiger charge is 2.10. The molecule has 134 valence electrons. The molecule has 0 spiro atoms. The van der Waals surface area contributed by atoms with E-state index in [1.807, 2.05) is 38.1 Å². The first-order chi connectivity index (χ1) is 12.5. The summed E-state index contributed by atoms with van der Waals surface area (Å²) in [7, 11) is 0. The van der Waals surface area contributed by atoms with Crippen LogP contribution in [0.1, 0.15) is 22.6 Å². The second-order valence-corrected chi connectivity index (χ2v) is 5.97. The van der Waals surface area contributed by atoms with Gasteiger partial charge in [-0.3, -0.25) is 4.79 Å². The van der Waals surface area contributed by atoms with E-state index in [2.05, 4.69) is 10.5 Å². The number of amides is 1. The summed E-state index contributed by atoms with van der Waals surface area (Å²) < 4.78 is 23.7. The van der Waals surface area contributed by atoms with Gasteiger partial charge in [-0.15, -0.1) is 0 Å². The minimum Gasteiger partial charge on any atom is -0.489 e. The molecule has 1 aromatic heterocycles. The number of carbonyl (C=O) groups excluding carboxylic acids is 1. The average Bonchev–Trinajstić information content (AvgIpc) is 2.94. The molecule has 5 nitrogen and oxygen atoms in total. The molecule has 6 heteroatoms. The smallest absolute Gasteiger partial charge is 0.228 e. The van der Waals surface area contributed by atoms with Crippen LogP contribution >= 0.6 is 0 Å². The Hall–Kier alpha value is -3.15. The molecule has 0 aliphatic heterocycles. The van der Waals surface area contributed by atoms with E-state index < -0.39 is 0 Å². The Morgan fingerprint density at radius 1 is 1.12 bits per heavy atom. The standard InChI is InChI=1S/C20H19FN2O3/c1-13-19(14(2)26-23-13)12-25-18-9-3-15(4-10-18)11-20(24)22-17-7-5-16(21)6-8-17/h3-10H,11-12H2,1-2H3,(H,22,24). The minimum atomic E-state index is -0.338. The van der Waals surface area contributed by atoms with Gasteiger partial charge in [0.2, 0.25) is 5.91 Å². The van der Waals surface area contributed by atoms with E-state index in [-0.39, 0.29) is 18.1 Å². The zero-order valence-corrected chi connectivity index (χ0v) is 14.6. The molecule has 0 radical (unpaired) electrons. The van der Waals surface area contributed by atoms with Gasteiger partial charge in [-0.1, -0.05) is 17.3 Å². The van der Waals surface area contributed by atoms with Crippen molar-refractivity contribution in [2.75, 3.05) is 5.32 Å². The summed E-state index contributed by atoms with van der Waals surface area (Å²) in [6.45, 7) is 4.10. The van der Waals surface area contributed by atoms with Crippen molar-refractivity contribution in [1.82, 2.24) is 5.16 Å². The van der Waals surface area contributed by atoms with Gasteiger partial charge in [-0.05, 0) is 55.8 Å². The van der Waals surface area contributed by atoms with Crippen molar-refractivity contribution in [3.63, 3.8) is 0 Å². The Morgan fingerprint density at radius 2 is 1.81 bits per heavy atom. The summed E-state index contributed by atoms with van der Waals surface area (Å²) in [5.41, 5.74) is 3.18. The number of carbonyl (C=O) groups is 1. The van der Waals surface area contributed by atoms with Gasteiger partial charge in [0.25, 0.3) is 0 Å². The number of hydrogen-bond acceptors (Lipinski definition) is 4. The van der Waals surface area contributed by atoms with Crippen LogP contribution in [0.15, 0.2) is 53.1 Å². The molecule has 0 fully saturated rings. The summed E-state index contributed by atoms with van der Waals surface area (Å²) in [4.78, 5) is 12.1. The van der Waals surface area contributed by atoms with Gasteiger partial charge in [0.15, 0.2) is 0 Å². The van der Waals surface area contributed by atoms with Crippen LogP contribution in [-0.4, -0.2) is 11.1 Å². The first-order valence-electron chi connectivity index (χ1n) is 8.20. The van der Waals surface area contributed by atoms with Crippen LogP contribution in [-0.2, 0) is 17.8 Å². The number of anilines is 1. The van der Waals surface area contributed by atoms with Crippen LogP contribution in [0.4, 0.5) is 10.1 Å². The van der Waals surface area contributed by atoms with E-state index >= 15 is 0 Å². The van der Waals surface area contributed by atoms with Crippen LogP contribution < -0.4 is 10.1 Å². The van der Waals surface area contributed by atoms with Crippen LogP contribution in [0, 0.1) is 19.7 Å². The highest BCUT2D eigenvalue weighted by atomic mass is 19.1. The van der Waals surface area contributed by atoms with E-state index in [0.717, 1.165) is 22.6 Å². The van der Waals surface area contributed by atoms with Gasteiger partial charge >= 0.3 is 0 Å². The third-order valence-electron chi connectivity index (χ3n) is 3.98. The van der Waals surface area contributed by atoms with E-state index in [4.69, 9.17) is 9.26 Å². The summed E-state index contributed by atoms with van der Waals surface area (Å²) in [6.07, 6.45) is 0.224. The fourth-order valence-electron chi connectivity index (χ4n) is 2.49. The topological polar surface area (TPSA) is 64.4 Å². The molecule has 1 amide bonds. The van der Waals surface area contributed by atoms with Crippen molar-refractivity contribution in [3.05, 3.63) is 76.9 Å². The monoisotopic (exact) mass is 354 g/mol. The zero-order chi connectivity index (χ0) is 18.5. The van der Waals surface area contributed by atoms with Crippen molar-refractivity contribution >= 4 is 11.6 Å². The van der Waals surface area contributed by atoms with Gasteiger partial charge in [0.05, 0.1) is 17.7 Å². The van der Waals surface area contributed by atoms with Gasteiger partial charge in [0, 0.05) is 5.69 Å². The highest BCUT2D eigenvalue weighted by molar-refractivity contribution is 5.92. The molecular formula is C20H19FN2O3. The molecule has 2 aromatic carbocycles. The Balaban J connectivity index is 1.54. The van der Waals surface area contributed by atoms with E-state index in [1.54, 1.807) is 0 Å². The van der Waals surface area contributed by atoms with Crippen LogP contribution in [0.3, 0.4) is 0 Å². The molecule has 0 saturated heterocycles. The minimum absolute atomic E-state index is 0.166. The second kappa shape index (κ2) is 7.82. The number of aryl methyl sites for hydroxylation is 2. The number of rotatable bonds is 6. The Kier molecular flexibility index (Phi) is 5.31. The third kappa shape index (κ3) is 4.47. The fraction of sp³-hybridized carbons (Fsp3) is 0.200. The highest BCUT2D eigenvalue weighted by Crippen LogP contribution is 2.18. The van der Waals surface area contributed by atoms with E-state index in [1.165, 1.54) is 24.3 Å². The predicted octanol–water partition coefficient (Wildman–Crippen LogP) is 4.19. The van der Waals surface area contributed by atoms with Crippen LogP contribution in [0.5, 0.6) is 5.75 Å². The molecule has 0 aliphatic rings. The van der Waals surface area contributed by atoms with Crippen molar-refractivity contribution < 1.29 is 18.4 Å². The van der Waals surface area contributed by atoms with E-state index in [9.17, 15) is 9.18 Å². The maximum Gasteiger partial charge on any atom is 0.228 e. The molecule has 3 aromatic rings. The second-order valence-electron chi connectivity index (χ2n) is 5.97. The lowest BCUT2D eigenvalue weighted by Crippen LogP contribution is -2.14. The van der Waals surface area contributed by atoms with Crippen molar-refractivity contribution in [2.45, 2.75) is 26.9 Å². The zero-order valence-electron chi connectivity index (χ0n) is 14.6. The summed E-state index contributed by atoms with van der Waals surface area (Å²) in [6, 6.07) is 13.0. The summed E-state index contributed by atoms with van der Waals surface area (Å²) >= 11 is 0.